The van der Waals surface area contributed by atoms with Gasteiger partial charge in [0.25, 0.3) is 0 Å². The van der Waals surface area contributed by atoms with Crippen molar-refractivity contribution in [2.24, 2.45) is 0 Å². The second kappa shape index (κ2) is 8.65. The number of anilines is 1. The standard InChI is InChI=1S/C20H25N5OS2/c1-14-15(2)28-19(22-14)18-17(16-4-11-27-13-16)12-21-20(23-18)25-7-5-24(6-8-25)9-10-26-3/h4,11-13H,5-10H2,1-3H3. The number of hydrogen-bond acceptors (Lipinski definition) is 8. The summed E-state index contributed by atoms with van der Waals surface area (Å²) in [7, 11) is 1.75. The molecule has 1 aliphatic heterocycles. The molecule has 8 heteroatoms. The molecule has 148 valence electrons. The fourth-order valence-corrected chi connectivity index (χ4v) is 4.86. The third kappa shape index (κ3) is 4.10. The zero-order chi connectivity index (χ0) is 19.5. The minimum absolute atomic E-state index is 0.777. The summed E-state index contributed by atoms with van der Waals surface area (Å²) < 4.78 is 5.20. The Bertz CT molecular complexity index is 897. The van der Waals surface area contributed by atoms with Crippen LogP contribution in [0.2, 0.25) is 0 Å². The highest BCUT2D eigenvalue weighted by molar-refractivity contribution is 7.15. The van der Waals surface area contributed by atoms with E-state index in [1.165, 1.54) is 4.88 Å². The van der Waals surface area contributed by atoms with Gasteiger partial charge in [0.2, 0.25) is 5.95 Å². The van der Waals surface area contributed by atoms with Gasteiger partial charge in [-0.05, 0) is 36.2 Å². The SMILES string of the molecule is COCCN1CCN(c2ncc(-c3ccsc3)c(-c3nc(C)c(C)s3)n2)CC1. The summed E-state index contributed by atoms with van der Waals surface area (Å²) in [6, 6.07) is 2.12. The highest BCUT2D eigenvalue weighted by Crippen LogP contribution is 2.35. The molecule has 6 nitrogen and oxygen atoms in total. The zero-order valence-electron chi connectivity index (χ0n) is 16.5. The molecule has 1 saturated heterocycles. The topological polar surface area (TPSA) is 54.4 Å². The minimum atomic E-state index is 0.777. The van der Waals surface area contributed by atoms with Crippen molar-refractivity contribution in [1.82, 2.24) is 19.9 Å². The first kappa shape index (κ1) is 19.4. The van der Waals surface area contributed by atoms with E-state index in [9.17, 15) is 0 Å². The predicted octanol–water partition coefficient (Wildman–Crippen LogP) is 3.71. The van der Waals surface area contributed by atoms with Crippen LogP contribution in [0.1, 0.15) is 10.6 Å². The van der Waals surface area contributed by atoms with Gasteiger partial charge in [-0.2, -0.15) is 11.3 Å². The molecule has 0 spiro atoms. The van der Waals surface area contributed by atoms with Crippen LogP contribution in [-0.4, -0.2) is 66.3 Å². The number of rotatable bonds is 6. The average Bonchev–Trinajstić information content (AvgIpc) is 3.37. The van der Waals surface area contributed by atoms with E-state index in [2.05, 4.69) is 40.5 Å². The molecule has 0 aliphatic carbocycles. The van der Waals surface area contributed by atoms with Crippen molar-refractivity contribution in [3.63, 3.8) is 0 Å². The molecule has 0 saturated carbocycles. The minimum Gasteiger partial charge on any atom is -0.383 e. The Kier molecular flexibility index (Phi) is 6.01. The monoisotopic (exact) mass is 415 g/mol. The van der Waals surface area contributed by atoms with Gasteiger partial charge in [-0.25, -0.2) is 15.0 Å². The summed E-state index contributed by atoms with van der Waals surface area (Å²) in [5.74, 6) is 0.797. The number of hydrogen-bond donors (Lipinski definition) is 0. The van der Waals surface area contributed by atoms with Crippen molar-refractivity contribution in [3.05, 3.63) is 33.6 Å². The number of piperazine rings is 1. The van der Waals surface area contributed by atoms with E-state index in [0.29, 0.717) is 0 Å². The molecule has 3 aromatic heterocycles. The fraction of sp³-hybridized carbons (Fsp3) is 0.450. The van der Waals surface area contributed by atoms with E-state index in [1.807, 2.05) is 6.20 Å². The summed E-state index contributed by atoms with van der Waals surface area (Å²) in [5.41, 5.74) is 4.22. The van der Waals surface area contributed by atoms with Crippen LogP contribution in [0.3, 0.4) is 0 Å². The van der Waals surface area contributed by atoms with Crippen LogP contribution in [0, 0.1) is 13.8 Å². The largest absolute Gasteiger partial charge is 0.383 e. The molecular weight excluding hydrogens is 390 g/mol. The summed E-state index contributed by atoms with van der Waals surface area (Å²) in [5, 5.41) is 5.20. The maximum absolute atomic E-state index is 5.20. The van der Waals surface area contributed by atoms with E-state index in [-0.39, 0.29) is 0 Å². The maximum atomic E-state index is 5.20. The lowest BCUT2D eigenvalue weighted by Crippen LogP contribution is -2.47. The first-order valence-electron chi connectivity index (χ1n) is 9.46. The quantitative estimate of drug-likeness (QED) is 0.612. The molecule has 0 N–H and O–H groups in total. The molecule has 0 atom stereocenters. The fourth-order valence-electron chi connectivity index (χ4n) is 3.28. The van der Waals surface area contributed by atoms with E-state index in [4.69, 9.17) is 19.7 Å². The number of aromatic nitrogens is 3. The van der Waals surface area contributed by atoms with E-state index in [0.717, 1.165) is 72.8 Å². The number of nitrogens with zero attached hydrogens (tertiary/aromatic N) is 5. The Hall–Kier alpha value is -1.87. The Morgan fingerprint density at radius 2 is 1.96 bits per heavy atom. The number of thiazole rings is 1. The number of ether oxygens (including phenoxy) is 1. The molecule has 0 bridgehead atoms. The molecule has 4 rings (SSSR count). The second-order valence-corrected chi connectivity index (χ2v) is 8.91. The summed E-state index contributed by atoms with van der Waals surface area (Å²) in [6.45, 7) is 9.79. The summed E-state index contributed by atoms with van der Waals surface area (Å²) in [6.07, 6.45) is 1.96. The van der Waals surface area contributed by atoms with E-state index in [1.54, 1.807) is 29.8 Å². The molecule has 0 unspecified atom stereocenters. The van der Waals surface area contributed by atoms with Gasteiger partial charge in [0.1, 0.15) is 10.7 Å². The number of aryl methyl sites for hydroxylation is 2. The van der Waals surface area contributed by atoms with Gasteiger partial charge >= 0.3 is 0 Å². The smallest absolute Gasteiger partial charge is 0.226 e. The lowest BCUT2D eigenvalue weighted by molar-refractivity contribution is 0.143. The molecule has 0 aromatic carbocycles. The second-order valence-electron chi connectivity index (χ2n) is 6.93. The molecule has 4 heterocycles. The van der Waals surface area contributed by atoms with E-state index < -0.39 is 0 Å². The zero-order valence-corrected chi connectivity index (χ0v) is 18.1. The molecule has 0 radical (unpaired) electrons. The number of methoxy groups -OCH3 is 1. The van der Waals surface area contributed by atoms with Gasteiger partial charge in [-0.3, -0.25) is 4.90 Å². The van der Waals surface area contributed by atoms with Crippen molar-refractivity contribution >= 4 is 28.6 Å². The Morgan fingerprint density at radius 1 is 1.14 bits per heavy atom. The van der Waals surface area contributed by atoms with Crippen LogP contribution in [0.4, 0.5) is 5.95 Å². The Balaban J connectivity index is 1.63. The average molecular weight is 416 g/mol. The van der Waals surface area contributed by atoms with Crippen molar-refractivity contribution in [1.29, 1.82) is 0 Å². The Labute approximate surface area is 173 Å². The number of thiophene rings is 1. The van der Waals surface area contributed by atoms with Crippen molar-refractivity contribution in [2.45, 2.75) is 13.8 Å². The molecule has 3 aromatic rings. The lowest BCUT2D eigenvalue weighted by atomic mass is 10.1. The maximum Gasteiger partial charge on any atom is 0.226 e. The van der Waals surface area contributed by atoms with Crippen molar-refractivity contribution in [3.8, 4) is 21.8 Å². The normalized spacial score (nSPS) is 15.3. The lowest BCUT2D eigenvalue weighted by Gasteiger charge is -2.34. The molecular formula is C20H25N5OS2. The summed E-state index contributed by atoms with van der Waals surface area (Å²) in [4.78, 5) is 20.4. The highest BCUT2D eigenvalue weighted by atomic mass is 32.1. The first-order chi connectivity index (χ1) is 13.7. The van der Waals surface area contributed by atoms with Gasteiger partial charge in [-0.1, -0.05) is 0 Å². The van der Waals surface area contributed by atoms with Crippen LogP contribution in [0.15, 0.2) is 23.0 Å². The van der Waals surface area contributed by atoms with Crippen LogP contribution in [0.5, 0.6) is 0 Å². The van der Waals surface area contributed by atoms with Gasteiger partial charge in [0, 0.05) is 56.5 Å². The van der Waals surface area contributed by atoms with Gasteiger partial charge in [-0.15, -0.1) is 11.3 Å². The third-order valence-electron chi connectivity index (χ3n) is 5.11. The highest BCUT2D eigenvalue weighted by Gasteiger charge is 2.22. The Morgan fingerprint density at radius 3 is 2.61 bits per heavy atom. The van der Waals surface area contributed by atoms with Gasteiger partial charge in [0.05, 0.1) is 12.3 Å². The third-order valence-corrected chi connectivity index (χ3v) is 6.87. The van der Waals surface area contributed by atoms with Crippen LogP contribution in [-0.2, 0) is 4.74 Å². The van der Waals surface area contributed by atoms with Gasteiger partial charge in [0.15, 0.2) is 0 Å². The molecule has 1 aliphatic rings. The molecule has 0 amide bonds. The van der Waals surface area contributed by atoms with E-state index >= 15 is 0 Å². The molecule has 28 heavy (non-hydrogen) atoms. The first-order valence-corrected chi connectivity index (χ1v) is 11.2. The summed E-state index contributed by atoms with van der Waals surface area (Å²) >= 11 is 3.39. The van der Waals surface area contributed by atoms with Crippen molar-refractivity contribution in [2.75, 3.05) is 51.3 Å². The van der Waals surface area contributed by atoms with Crippen molar-refractivity contribution < 1.29 is 4.74 Å². The van der Waals surface area contributed by atoms with Gasteiger partial charge < -0.3 is 9.64 Å². The van der Waals surface area contributed by atoms with Crippen LogP contribution in [0.25, 0.3) is 21.8 Å². The molecule has 1 fully saturated rings. The van der Waals surface area contributed by atoms with Crippen LogP contribution >= 0.6 is 22.7 Å². The van der Waals surface area contributed by atoms with Crippen LogP contribution < -0.4 is 4.90 Å². The predicted molar refractivity (Wildman–Crippen MR) is 116 cm³/mol.